The molecule has 4 nitrogen and oxygen atoms in total. The molecule has 2 unspecified atom stereocenters. The van der Waals surface area contributed by atoms with E-state index in [0.29, 0.717) is 18.5 Å². The number of amides is 1. The molecule has 0 aliphatic carbocycles. The molecule has 0 aromatic heterocycles. The number of likely N-dealkylation sites (N-methyl/N-ethyl adjacent to an activating group) is 1. The first-order valence-electron chi connectivity index (χ1n) is 5.54. The highest BCUT2D eigenvalue weighted by Gasteiger charge is 2.15. The Labute approximate surface area is 93.2 Å². The Hall–Kier alpha value is -0.610. The average molecular weight is 215 g/mol. The zero-order valence-electron chi connectivity index (χ0n) is 10.6. The number of carbonyl (C=O) groups excluding carboxylic acids is 1. The van der Waals surface area contributed by atoms with Gasteiger partial charge in [0.2, 0.25) is 5.91 Å². The van der Waals surface area contributed by atoms with Crippen molar-refractivity contribution < 1.29 is 4.79 Å². The SMILES string of the molecule is CC(C)CC(N)C(=O)NCC(C)N(C)C. The maximum absolute atomic E-state index is 11.6. The molecule has 1 amide bonds. The predicted octanol–water partition coefficient (Wildman–Crippen LogP) is 0.426. The van der Waals surface area contributed by atoms with Gasteiger partial charge in [-0.1, -0.05) is 13.8 Å². The van der Waals surface area contributed by atoms with Gasteiger partial charge >= 0.3 is 0 Å². The van der Waals surface area contributed by atoms with Gasteiger partial charge in [0.15, 0.2) is 0 Å². The van der Waals surface area contributed by atoms with Crippen LogP contribution >= 0.6 is 0 Å². The Bertz CT molecular complexity index is 192. The van der Waals surface area contributed by atoms with Gasteiger partial charge in [0.25, 0.3) is 0 Å². The molecule has 0 aliphatic heterocycles. The van der Waals surface area contributed by atoms with Crippen molar-refractivity contribution in [2.24, 2.45) is 11.7 Å². The Kier molecular flexibility index (Phi) is 6.52. The first-order valence-corrected chi connectivity index (χ1v) is 5.54. The zero-order chi connectivity index (χ0) is 12.0. The van der Waals surface area contributed by atoms with Crippen molar-refractivity contribution >= 4 is 5.91 Å². The molecule has 0 fully saturated rings. The van der Waals surface area contributed by atoms with Gasteiger partial charge in [-0.25, -0.2) is 0 Å². The Morgan fingerprint density at radius 2 is 1.87 bits per heavy atom. The molecular weight excluding hydrogens is 190 g/mol. The Morgan fingerprint density at radius 1 is 1.33 bits per heavy atom. The van der Waals surface area contributed by atoms with Gasteiger partial charge < -0.3 is 16.0 Å². The molecule has 15 heavy (non-hydrogen) atoms. The van der Waals surface area contributed by atoms with E-state index in [-0.39, 0.29) is 11.9 Å². The minimum atomic E-state index is -0.376. The molecule has 4 heteroatoms. The smallest absolute Gasteiger partial charge is 0.236 e. The second-order valence-corrected chi connectivity index (χ2v) is 4.79. The van der Waals surface area contributed by atoms with E-state index in [4.69, 9.17) is 5.73 Å². The molecule has 0 heterocycles. The highest BCUT2D eigenvalue weighted by Crippen LogP contribution is 2.02. The van der Waals surface area contributed by atoms with Crippen LogP contribution in [0.2, 0.25) is 0 Å². The van der Waals surface area contributed by atoms with E-state index in [0.717, 1.165) is 6.42 Å². The topological polar surface area (TPSA) is 58.4 Å². The molecule has 90 valence electrons. The fourth-order valence-corrected chi connectivity index (χ4v) is 1.18. The predicted molar refractivity (Wildman–Crippen MR) is 63.6 cm³/mol. The summed E-state index contributed by atoms with van der Waals surface area (Å²) < 4.78 is 0. The van der Waals surface area contributed by atoms with Crippen molar-refractivity contribution in [2.45, 2.75) is 39.3 Å². The normalized spacial score (nSPS) is 15.5. The molecule has 0 aromatic carbocycles. The van der Waals surface area contributed by atoms with E-state index in [1.165, 1.54) is 0 Å². The maximum atomic E-state index is 11.6. The van der Waals surface area contributed by atoms with Crippen LogP contribution in [0.1, 0.15) is 27.2 Å². The molecule has 2 atom stereocenters. The molecular formula is C11H25N3O. The lowest BCUT2D eigenvalue weighted by Gasteiger charge is -2.21. The Balaban J connectivity index is 3.83. The van der Waals surface area contributed by atoms with Crippen LogP contribution in [-0.2, 0) is 4.79 Å². The van der Waals surface area contributed by atoms with Crippen LogP contribution in [0.4, 0.5) is 0 Å². The average Bonchev–Trinajstić information content (AvgIpc) is 2.12. The van der Waals surface area contributed by atoms with Crippen molar-refractivity contribution in [1.29, 1.82) is 0 Å². The van der Waals surface area contributed by atoms with Crippen molar-refractivity contribution in [2.75, 3.05) is 20.6 Å². The first-order chi connectivity index (χ1) is 6.84. The fourth-order valence-electron chi connectivity index (χ4n) is 1.18. The van der Waals surface area contributed by atoms with Gasteiger partial charge in [-0.3, -0.25) is 4.79 Å². The summed E-state index contributed by atoms with van der Waals surface area (Å²) in [5.41, 5.74) is 5.75. The molecule has 0 bridgehead atoms. The highest BCUT2D eigenvalue weighted by molar-refractivity contribution is 5.81. The van der Waals surface area contributed by atoms with Gasteiger partial charge in [-0.05, 0) is 33.4 Å². The fraction of sp³-hybridized carbons (Fsp3) is 0.909. The van der Waals surface area contributed by atoms with Gasteiger partial charge in [0, 0.05) is 12.6 Å². The van der Waals surface area contributed by atoms with Gasteiger partial charge in [0.05, 0.1) is 6.04 Å². The molecule has 0 aliphatic rings. The first kappa shape index (κ1) is 14.4. The van der Waals surface area contributed by atoms with E-state index in [2.05, 4.69) is 31.0 Å². The second-order valence-electron chi connectivity index (χ2n) is 4.79. The third-order valence-corrected chi connectivity index (χ3v) is 2.52. The number of rotatable bonds is 6. The van der Waals surface area contributed by atoms with Crippen LogP contribution in [0.15, 0.2) is 0 Å². The molecule has 0 rings (SSSR count). The summed E-state index contributed by atoms with van der Waals surface area (Å²) in [6.45, 7) is 6.84. The molecule has 0 saturated carbocycles. The lowest BCUT2D eigenvalue weighted by atomic mass is 10.0. The number of carbonyl (C=O) groups is 1. The van der Waals surface area contributed by atoms with E-state index < -0.39 is 0 Å². The summed E-state index contributed by atoms with van der Waals surface area (Å²) in [6.07, 6.45) is 0.738. The third kappa shape index (κ3) is 6.47. The lowest BCUT2D eigenvalue weighted by molar-refractivity contribution is -0.122. The number of hydrogen-bond acceptors (Lipinski definition) is 3. The molecule has 3 N–H and O–H groups in total. The lowest BCUT2D eigenvalue weighted by Crippen LogP contribution is -2.45. The van der Waals surface area contributed by atoms with Crippen LogP contribution in [0, 0.1) is 5.92 Å². The molecule has 0 radical (unpaired) electrons. The summed E-state index contributed by atoms with van der Waals surface area (Å²) in [5.74, 6) is 0.412. The summed E-state index contributed by atoms with van der Waals surface area (Å²) in [5, 5.41) is 2.86. The number of nitrogens with two attached hydrogens (primary N) is 1. The largest absolute Gasteiger partial charge is 0.353 e. The third-order valence-electron chi connectivity index (χ3n) is 2.52. The van der Waals surface area contributed by atoms with Gasteiger partial charge in [0.1, 0.15) is 0 Å². The van der Waals surface area contributed by atoms with Crippen LogP contribution in [-0.4, -0.2) is 43.5 Å². The molecule has 0 spiro atoms. The van der Waals surface area contributed by atoms with Crippen LogP contribution < -0.4 is 11.1 Å². The van der Waals surface area contributed by atoms with Crippen molar-refractivity contribution in [1.82, 2.24) is 10.2 Å². The maximum Gasteiger partial charge on any atom is 0.236 e. The number of nitrogens with zero attached hydrogens (tertiary/aromatic N) is 1. The summed E-state index contributed by atoms with van der Waals surface area (Å²) in [7, 11) is 3.98. The zero-order valence-corrected chi connectivity index (χ0v) is 10.6. The molecule has 0 aromatic rings. The van der Waals surface area contributed by atoms with Gasteiger partial charge in [-0.2, -0.15) is 0 Å². The van der Waals surface area contributed by atoms with Crippen LogP contribution in [0.25, 0.3) is 0 Å². The highest BCUT2D eigenvalue weighted by atomic mass is 16.2. The Morgan fingerprint density at radius 3 is 2.27 bits per heavy atom. The minimum absolute atomic E-state index is 0.0441. The second kappa shape index (κ2) is 6.80. The van der Waals surface area contributed by atoms with E-state index in [1.807, 2.05) is 14.1 Å². The summed E-state index contributed by atoms with van der Waals surface area (Å²) >= 11 is 0. The minimum Gasteiger partial charge on any atom is -0.353 e. The van der Waals surface area contributed by atoms with E-state index in [9.17, 15) is 4.79 Å². The van der Waals surface area contributed by atoms with Gasteiger partial charge in [-0.15, -0.1) is 0 Å². The summed E-state index contributed by atoms with van der Waals surface area (Å²) in [4.78, 5) is 13.6. The standard InChI is InChI=1S/C11H25N3O/c1-8(2)6-10(12)11(15)13-7-9(3)14(4)5/h8-10H,6-7,12H2,1-5H3,(H,13,15). The number of nitrogens with one attached hydrogen (secondary N) is 1. The van der Waals surface area contributed by atoms with Crippen LogP contribution in [0.3, 0.4) is 0 Å². The number of hydrogen-bond donors (Lipinski definition) is 2. The van der Waals surface area contributed by atoms with E-state index in [1.54, 1.807) is 0 Å². The van der Waals surface area contributed by atoms with Crippen molar-refractivity contribution in [3.63, 3.8) is 0 Å². The quantitative estimate of drug-likeness (QED) is 0.675. The van der Waals surface area contributed by atoms with Crippen molar-refractivity contribution in [3.05, 3.63) is 0 Å². The van der Waals surface area contributed by atoms with Crippen molar-refractivity contribution in [3.8, 4) is 0 Å². The monoisotopic (exact) mass is 215 g/mol. The van der Waals surface area contributed by atoms with Crippen LogP contribution in [0.5, 0.6) is 0 Å². The van der Waals surface area contributed by atoms with E-state index >= 15 is 0 Å². The molecule has 0 saturated heterocycles. The summed E-state index contributed by atoms with van der Waals surface area (Å²) in [6, 6.07) is -0.0421.